The molecule has 2 aromatic carbocycles. The number of nitrogens with one attached hydrogen (secondary N) is 1. The van der Waals surface area contributed by atoms with Crippen molar-refractivity contribution >= 4 is 17.5 Å². The number of nitrogens with two attached hydrogens (primary N) is 1. The molecule has 2 rings (SSSR count). The van der Waals surface area contributed by atoms with Crippen molar-refractivity contribution in [2.75, 3.05) is 19.5 Å². The normalized spacial score (nSPS) is 10.3. The van der Waals surface area contributed by atoms with Gasteiger partial charge < -0.3 is 20.5 Å². The molecule has 2 aromatic rings. The van der Waals surface area contributed by atoms with Gasteiger partial charge >= 0.3 is 0 Å². The molecule has 6 heteroatoms. The predicted octanol–water partition coefficient (Wildman–Crippen LogP) is 3.46. The van der Waals surface area contributed by atoms with Crippen molar-refractivity contribution in [3.63, 3.8) is 0 Å². The van der Waals surface area contributed by atoms with E-state index in [1.165, 1.54) is 31.4 Å². The molecule has 27 heavy (non-hydrogen) atoms. The number of hydrogen-bond acceptors (Lipinski definition) is 4. The minimum atomic E-state index is -0.648. The zero-order valence-corrected chi connectivity index (χ0v) is 16.0. The molecule has 6 nitrogen and oxygen atoms in total. The fourth-order valence-corrected chi connectivity index (χ4v) is 2.77. The van der Waals surface area contributed by atoms with Crippen LogP contribution in [0.2, 0.25) is 0 Å². The summed E-state index contributed by atoms with van der Waals surface area (Å²) < 4.78 is 10.4. The Balaban J connectivity index is 1.94. The Bertz CT molecular complexity index is 801. The predicted molar refractivity (Wildman–Crippen MR) is 105 cm³/mol. The molecule has 144 valence electrons. The minimum Gasteiger partial charge on any atom is -0.493 e. The summed E-state index contributed by atoms with van der Waals surface area (Å²) in [6.45, 7) is 2.06. The highest BCUT2D eigenvalue weighted by Gasteiger charge is 2.16. The number of hydrogen-bond donors (Lipinski definition) is 2. The Hall–Kier alpha value is -3.02. The van der Waals surface area contributed by atoms with Gasteiger partial charge in [0, 0.05) is 12.5 Å². The van der Waals surface area contributed by atoms with Gasteiger partial charge in [0.15, 0.2) is 11.5 Å². The minimum absolute atomic E-state index is 0.173. The first-order chi connectivity index (χ1) is 12.9. The molecular formula is C21H26N2O4. The number of anilines is 1. The van der Waals surface area contributed by atoms with Crippen molar-refractivity contribution < 1.29 is 19.1 Å². The van der Waals surface area contributed by atoms with E-state index in [0.29, 0.717) is 23.6 Å². The van der Waals surface area contributed by atoms with E-state index >= 15 is 0 Å². The van der Waals surface area contributed by atoms with Crippen LogP contribution in [0, 0.1) is 6.92 Å². The molecule has 0 heterocycles. The number of carbonyl (C=O) groups excluding carboxylic acids is 2. The van der Waals surface area contributed by atoms with Crippen molar-refractivity contribution in [3.05, 3.63) is 53.1 Å². The van der Waals surface area contributed by atoms with Crippen LogP contribution in [0.15, 0.2) is 36.4 Å². The van der Waals surface area contributed by atoms with Crippen LogP contribution in [0.5, 0.6) is 11.5 Å². The fraction of sp³-hybridized carbons (Fsp3) is 0.333. The van der Waals surface area contributed by atoms with Gasteiger partial charge in [-0.15, -0.1) is 0 Å². The van der Waals surface area contributed by atoms with Crippen molar-refractivity contribution in [1.29, 1.82) is 0 Å². The lowest BCUT2D eigenvalue weighted by atomic mass is 10.1. The molecule has 0 radical (unpaired) electrons. The van der Waals surface area contributed by atoms with Gasteiger partial charge in [-0.25, -0.2) is 0 Å². The summed E-state index contributed by atoms with van der Waals surface area (Å²) in [6, 6.07) is 11.4. The maximum atomic E-state index is 12.3. The van der Waals surface area contributed by atoms with Crippen molar-refractivity contribution in [1.82, 2.24) is 0 Å². The molecule has 0 bridgehead atoms. The zero-order valence-electron chi connectivity index (χ0n) is 16.0. The topological polar surface area (TPSA) is 90.6 Å². The second kappa shape index (κ2) is 9.62. The Morgan fingerprint density at radius 3 is 2.22 bits per heavy atom. The van der Waals surface area contributed by atoms with E-state index in [-0.39, 0.29) is 11.5 Å². The largest absolute Gasteiger partial charge is 0.493 e. The number of primary amides is 1. The lowest BCUT2D eigenvalue weighted by Gasteiger charge is -2.14. The van der Waals surface area contributed by atoms with Crippen LogP contribution in [0.4, 0.5) is 5.69 Å². The van der Waals surface area contributed by atoms with Crippen LogP contribution in [-0.4, -0.2) is 26.0 Å². The Morgan fingerprint density at radius 1 is 1.00 bits per heavy atom. The van der Waals surface area contributed by atoms with E-state index < -0.39 is 5.91 Å². The highest BCUT2D eigenvalue weighted by atomic mass is 16.5. The summed E-state index contributed by atoms with van der Waals surface area (Å²) in [4.78, 5) is 23.9. The summed E-state index contributed by atoms with van der Waals surface area (Å²) in [5.74, 6) is -0.0289. The number of amides is 2. The molecule has 0 aliphatic rings. The molecule has 0 aliphatic carbocycles. The second-order valence-corrected chi connectivity index (χ2v) is 6.36. The smallest absolute Gasteiger partial charge is 0.250 e. The van der Waals surface area contributed by atoms with E-state index in [2.05, 4.69) is 36.5 Å². The highest BCUT2D eigenvalue weighted by molar-refractivity contribution is 6.03. The van der Waals surface area contributed by atoms with Crippen LogP contribution < -0.4 is 20.5 Å². The maximum absolute atomic E-state index is 12.3. The van der Waals surface area contributed by atoms with Crippen LogP contribution in [0.3, 0.4) is 0 Å². The standard InChI is InChI=1S/C21H26N2O4/c1-14-8-10-15(11-9-14)6-4-5-7-20(24)23-17-13-19(27-3)18(26-2)12-16(17)21(22)25/h8-13H,4-7H2,1-3H3,(H2,22,25)(H,23,24). The van der Waals surface area contributed by atoms with Crippen LogP contribution in [0.1, 0.15) is 40.7 Å². The van der Waals surface area contributed by atoms with Crippen LogP contribution >= 0.6 is 0 Å². The van der Waals surface area contributed by atoms with Crippen LogP contribution in [-0.2, 0) is 11.2 Å². The van der Waals surface area contributed by atoms with Crippen LogP contribution in [0.25, 0.3) is 0 Å². The van der Waals surface area contributed by atoms with E-state index in [4.69, 9.17) is 15.2 Å². The van der Waals surface area contributed by atoms with E-state index in [9.17, 15) is 9.59 Å². The van der Waals surface area contributed by atoms with Gasteiger partial charge in [-0.1, -0.05) is 29.8 Å². The summed E-state index contributed by atoms with van der Waals surface area (Å²) in [6.07, 6.45) is 2.94. The number of methoxy groups -OCH3 is 2. The number of carbonyl (C=O) groups is 2. The molecule has 0 saturated carbocycles. The molecule has 2 amide bonds. The number of aryl methyl sites for hydroxylation is 2. The lowest BCUT2D eigenvalue weighted by Crippen LogP contribution is -2.18. The fourth-order valence-electron chi connectivity index (χ4n) is 2.77. The molecule has 0 atom stereocenters. The number of ether oxygens (including phenoxy) is 2. The van der Waals surface area contributed by atoms with E-state index in [1.54, 1.807) is 6.07 Å². The van der Waals surface area contributed by atoms with Gasteiger partial charge in [-0.2, -0.15) is 0 Å². The van der Waals surface area contributed by atoms with Crippen molar-refractivity contribution in [2.24, 2.45) is 5.73 Å². The Kier molecular flexibility index (Phi) is 7.23. The summed E-state index contributed by atoms with van der Waals surface area (Å²) in [7, 11) is 2.95. The van der Waals surface area contributed by atoms with Gasteiger partial charge in [-0.05, 0) is 37.8 Å². The van der Waals surface area contributed by atoms with Gasteiger partial charge in [0.05, 0.1) is 25.5 Å². The van der Waals surface area contributed by atoms with E-state index in [0.717, 1.165) is 19.3 Å². The SMILES string of the molecule is COc1cc(NC(=O)CCCCc2ccc(C)cc2)c(C(N)=O)cc1OC. The number of unbranched alkanes of at least 4 members (excludes halogenated alkanes) is 1. The monoisotopic (exact) mass is 370 g/mol. The first-order valence-electron chi connectivity index (χ1n) is 8.85. The first-order valence-corrected chi connectivity index (χ1v) is 8.85. The van der Waals surface area contributed by atoms with Gasteiger partial charge in [0.1, 0.15) is 0 Å². The zero-order chi connectivity index (χ0) is 19.8. The molecule has 0 fully saturated rings. The molecular weight excluding hydrogens is 344 g/mol. The quantitative estimate of drug-likeness (QED) is 0.661. The summed E-state index contributed by atoms with van der Waals surface area (Å²) in [5, 5.41) is 2.75. The summed E-state index contributed by atoms with van der Waals surface area (Å²) >= 11 is 0. The lowest BCUT2D eigenvalue weighted by molar-refractivity contribution is -0.116. The highest BCUT2D eigenvalue weighted by Crippen LogP contribution is 2.33. The van der Waals surface area contributed by atoms with Crippen molar-refractivity contribution in [2.45, 2.75) is 32.6 Å². The van der Waals surface area contributed by atoms with Gasteiger partial charge in [-0.3, -0.25) is 9.59 Å². The van der Waals surface area contributed by atoms with Crippen molar-refractivity contribution in [3.8, 4) is 11.5 Å². The average molecular weight is 370 g/mol. The average Bonchev–Trinajstić information content (AvgIpc) is 2.66. The summed E-state index contributed by atoms with van der Waals surface area (Å²) in [5.41, 5.74) is 8.42. The Labute approximate surface area is 159 Å². The Morgan fingerprint density at radius 2 is 1.63 bits per heavy atom. The third-order valence-electron chi connectivity index (χ3n) is 4.30. The third-order valence-corrected chi connectivity index (χ3v) is 4.30. The van der Waals surface area contributed by atoms with E-state index in [1.807, 2.05) is 0 Å². The molecule has 0 unspecified atom stereocenters. The van der Waals surface area contributed by atoms with Gasteiger partial charge in [0.2, 0.25) is 5.91 Å². The number of benzene rings is 2. The van der Waals surface area contributed by atoms with Gasteiger partial charge in [0.25, 0.3) is 5.91 Å². The first kappa shape index (κ1) is 20.3. The second-order valence-electron chi connectivity index (χ2n) is 6.36. The third kappa shape index (κ3) is 5.74. The molecule has 0 spiro atoms. The maximum Gasteiger partial charge on any atom is 0.250 e. The number of rotatable bonds is 9. The molecule has 3 N–H and O–H groups in total. The molecule has 0 aliphatic heterocycles. The molecule has 0 saturated heterocycles. The molecule has 0 aromatic heterocycles.